The van der Waals surface area contributed by atoms with Crippen LogP contribution >= 0.6 is 22.6 Å². The van der Waals surface area contributed by atoms with Crippen LogP contribution in [0.3, 0.4) is 0 Å². The molecule has 2 aromatic rings. The Hall–Kier alpha value is -1.43. The van der Waals surface area contributed by atoms with Crippen LogP contribution in [-0.2, 0) is 6.54 Å². The van der Waals surface area contributed by atoms with Crippen LogP contribution in [0.5, 0.6) is 11.5 Å². The van der Waals surface area contributed by atoms with E-state index in [1.807, 2.05) is 18.2 Å². The van der Waals surface area contributed by atoms with Gasteiger partial charge < -0.3 is 15.2 Å². The molecule has 0 atom stereocenters. The molecule has 2 rings (SSSR count). The number of benzene rings is 2. The molecule has 0 radical (unpaired) electrons. The van der Waals surface area contributed by atoms with Crippen molar-refractivity contribution in [3.8, 4) is 11.5 Å². The molecule has 0 saturated carbocycles. The number of aryl methyl sites for hydroxylation is 1. The molecule has 0 aliphatic heterocycles. The summed E-state index contributed by atoms with van der Waals surface area (Å²) in [6, 6.07) is 10.0. The zero-order valence-electron chi connectivity index (χ0n) is 11.8. The summed E-state index contributed by atoms with van der Waals surface area (Å²) in [6.07, 6.45) is 0. The summed E-state index contributed by atoms with van der Waals surface area (Å²) in [5.74, 6) is 0.707. The fourth-order valence-corrected chi connectivity index (χ4v) is 2.69. The summed E-state index contributed by atoms with van der Waals surface area (Å²) in [5.41, 5.74) is 4.73. The van der Waals surface area contributed by atoms with Gasteiger partial charge >= 0.3 is 0 Å². The van der Waals surface area contributed by atoms with Gasteiger partial charge in [-0.25, -0.2) is 0 Å². The number of phenols is 1. The fraction of sp³-hybridized carbons (Fsp3) is 0.250. The average Bonchev–Trinajstić information content (AvgIpc) is 2.44. The minimum absolute atomic E-state index is 0.198. The summed E-state index contributed by atoms with van der Waals surface area (Å²) in [7, 11) is 1.56. The highest BCUT2D eigenvalue weighted by atomic mass is 127. The molecule has 2 N–H and O–H groups in total. The van der Waals surface area contributed by atoms with E-state index in [9.17, 15) is 5.11 Å². The van der Waals surface area contributed by atoms with Crippen LogP contribution in [0.1, 0.15) is 16.7 Å². The van der Waals surface area contributed by atoms with Crippen molar-refractivity contribution < 1.29 is 9.84 Å². The van der Waals surface area contributed by atoms with Crippen molar-refractivity contribution >= 4 is 28.3 Å². The van der Waals surface area contributed by atoms with Gasteiger partial charge in [-0.2, -0.15) is 0 Å². The van der Waals surface area contributed by atoms with Gasteiger partial charge in [-0.1, -0.05) is 12.1 Å². The van der Waals surface area contributed by atoms with Crippen molar-refractivity contribution in [3.63, 3.8) is 0 Å². The second-order valence-electron chi connectivity index (χ2n) is 4.73. The number of hydrogen-bond acceptors (Lipinski definition) is 3. The first-order valence-corrected chi connectivity index (χ1v) is 7.46. The third kappa shape index (κ3) is 3.17. The van der Waals surface area contributed by atoms with Gasteiger partial charge in [0, 0.05) is 12.2 Å². The quantitative estimate of drug-likeness (QED) is 0.777. The smallest absolute Gasteiger partial charge is 0.171 e. The molecule has 0 bridgehead atoms. The topological polar surface area (TPSA) is 41.5 Å². The van der Waals surface area contributed by atoms with E-state index >= 15 is 0 Å². The highest BCUT2D eigenvalue weighted by Crippen LogP contribution is 2.32. The zero-order valence-corrected chi connectivity index (χ0v) is 14.0. The Labute approximate surface area is 133 Å². The van der Waals surface area contributed by atoms with Gasteiger partial charge in [0.1, 0.15) is 0 Å². The van der Waals surface area contributed by atoms with Crippen LogP contribution in [-0.4, -0.2) is 12.2 Å². The average molecular weight is 383 g/mol. The number of aromatic hydroxyl groups is 1. The Kier molecular flexibility index (Phi) is 4.75. The summed E-state index contributed by atoms with van der Waals surface area (Å²) < 4.78 is 5.97. The maximum Gasteiger partial charge on any atom is 0.171 e. The zero-order chi connectivity index (χ0) is 14.7. The molecule has 2 aromatic carbocycles. The SMILES string of the molecule is COc1cc(CNc2cccc(C)c2C)cc(I)c1O. The fourth-order valence-electron chi connectivity index (χ4n) is 2.02. The van der Waals surface area contributed by atoms with Gasteiger partial charge in [0.05, 0.1) is 10.7 Å². The number of ether oxygens (including phenoxy) is 1. The lowest BCUT2D eigenvalue weighted by Crippen LogP contribution is -2.02. The Morgan fingerprint density at radius 1 is 1.25 bits per heavy atom. The lowest BCUT2D eigenvalue weighted by Gasteiger charge is -2.13. The molecule has 0 saturated heterocycles. The first kappa shape index (κ1) is 15.0. The largest absolute Gasteiger partial charge is 0.504 e. The van der Waals surface area contributed by atoms with Crippen molar-refractivity contribution in [1.29, 1.82) is 0 Å². The van der Waals surface area contributed by atoms with Crippen LogP contribution in [0.2, 0.25) is 0 Å². The standard InChI is InChI=1S/C16H18INO2/c1-10-5-4-6-14(11(10)2)18-9-12-7-13(17)16(19)15(8-12)20-3/h4-8,18-19H,9H2,1-3H3. The Balaban J connectivity index is 2.19. The molecule has 4 heteroatoms. The van der Waals surface area contributed by atoms with E-state index in [2.05, 4.69) is 53.9 Å². The number of rotatable bonds is 4. The predicted octanol–water partition coefficient (Wildman–Crippen LogP) is 4.23. The molecule has 106 valence electrons. The number of hydrogen-bond donors (Lipinski definition) is 2. The summed E-state index contributed by atoms with van der Waals surface area (Å²) in [6.45, 7) is 4.91. The van der Waals surface area contributed by atoms with Gasteiger partial charge in [-0.15, -0.1) is 0 Å². The van der Waals surface area contributed by atoms with Crippen LogP contribution in [0, 0.1) is 17.4 Å². The highest BCUT2D eigenvalue weighted by Gasteiger charge is 2.09. The second kappa shape index (κ2) is 6.35. The molecule has 0 spiro atoms. The monoisotopic (exact) mass is 383 g/mol. The number of nitrogens with one attached hydrogen (secondary N) is 1. The minimum atomic E-state index is 0.198. The maximum absolute atomic E-state index is 9.83. The van der Waals surface area contributed by atoms with Crippen LogP contribution in [0.15, 0.2) is 30.3 Å². The second-order valence-corrected chi connectivity index (χ2v) is 5.89. The molecule has 20 heavy (non-hydrogen) atoms. The molecule has 0 fully saturated rings. The van der Waals surface area contributed by atoms with E-state index in [0.29, 0.717) is 12.3 Å². The van der Waals surface area contributed by atoms with Crippen molar-refractivity contribution in [3.05, 3.63) is 50.6 Å². The normalized spacial score (nSPS) is 10.4. The van der Waals surface area contributed by atoms with E-state index in [-0.39, 0.29) is 5.75 Å². The molecule has 3 nitrogen and oxygen atoms in total. The van der Waals surface area contributed by atoms with E-state index in [4.69, 9.17) is 4.74 Å². The van der Waals surface area contributed by atoms with Gasteiger partial charge in [0.2, 0.25) is 0 Å². The van der Waals surface area contributed by atoms with Crippen molar-refractivity contribution in [2.45, 2.75) is 20.4 Å². The minimum Gasteiger partial charge on any atom is -0.504 e. The third-order valence-corrected chi connectivity index (χ3v) is 4.22. The summed E-state index contributed by atoms with van der Waals surface area (Å²) in [5, 5.41) is 13.3. The van der Waals surface area contributed by atoms with E-state index in [1.54, 1.807) is 7.11 Å². The molecule has 0 unspecified atom stereocenters. The molecular weight excluding hydrogens is 365 g/mol. The van der Waals surface area contributed by atoms with Crippen molar-refractivity contribution in [2.75, 3.05) is 12.4 Å². The Bertz CT molecular complexity index is 626. The number of halogens is 1. The first-order chi connectivity index (χ1) is 9.52. The highest BCUT2D eigenvalue weighted by molar-refractivity contribution is 14.1. The Morgan fingerprint density at radius 3 is 2.70 bits per heavy atom. The number of phenolic OH excluding ortho intramolecular Hbond substituents is 1. The molecule has 0 aromatic heterocycles. The Morgan fingerprint density at radius 2 is 2.00 bits per heavy atom. The lowest BCUT2D eigenvalue weighted by molar-refractivity contribution is 0.371. The molecular formula is C16H18INO2. The van der Waals surface area contributed by atoms with E-state index < -0.39 is 0 Å². The van der Waals surface area contributed by atoms with E-state index in [1.165, 1.54) is 11.1 Å². The van der Waals surface area contributed by atoms with Gasteiger partial charge in [-0.3, -0.25) is 0 Å². The lowest BCUT2D eigenvalue weighted by atomic mass is 10.1. The molecule has 0 heterocycles. The van der Waals surface area contributed by atoms with Gasteiger partial charge in [0.25, 0.3) is 0 Å². The predicted molar refractivity (Wildman–Crippen MR) is 90.6 cm³/mol. The van der Waals surface area contributed by atoms with E-state index in [0.717, 1.165) is 14.8 Å². The molecule has 0 aliphatic carbocycles. The van der Waals surface area contributed by atoms with Gasteiger partial charge in [-0.05, 0) is 71.3 Å². The first-order valence-electron chi connectivity index (χ1n) is 6.38. The van der Waals surface area contributed by atoms with Crippen molar-refractivity contribution in [1.82, 2.24) is 0 Å². The van der Waals surface area contributed by atoms with Crippen LogP contribution in [0.4, 0.5) is 5.69 Å². The van der Waals surface area contributed by atoms with Crippen molar-refractivity contribution in [2.24, 2.45) is 0 Å². The van der Waals surface area contributed by atoms with Crippen LogP contribution < -0.4 is 10.1 Å². The maximum atomic E-state index is 9.83. The van der Waals surface area contributed by atoms with Gasteiger partial charge in [0.15, 0.2) is 11.5 Å². The van der Waals surface area contributed by atoms with Crippen LogP contribution in [0.25, 0.3) is 0 Å². The summed E-state index contributed by atoms with van der Waals surface area (Å²) in [4.78, 5) is 0. The summed E-state index contributed by atoms with van der Waals surface area (Å²) >= 11 is 2.11. The number of methoxy groups -OCH3 is 1. The molecule has 0 amide bonds. The third-order valence-electron chi connectivity index (χ3n) is 3.40. The molecule has 0 aliphatic rings. The number of anilines is 1.